The molecular weight excluding hydrogens is 470 g/mol. The van der Waals surface area contributed by atoms with Gasteiger partial charge in [0, 0.05) is 31.1 Å². The number of amides is 1. The Bertz CT molecular complexity index is 1110. The summed E-state index contributed by atoms with van der Waals surface area (Å²) >= 11 is 3.70. The zero-order chi connectivity index (χ0) is 23.4. The average Bonchev–Trinajstić information content (AvgIpc) is 3.01. The molecule has 32 heavy (non-hydrogen) atoms. The van der Waals surface area contributed by atoms with E-state index in [-0.39, 0.29) is 24.0 Å². The average molecular weight is 502 g/mol. The molecule has 0 spiro atoms. The van der Waals surface area contributed by atoms with Crippen molar-refractivity contribution in [1.29, 1.82) is 0 Å². The van der Waals surface area contributed by atoms with Crippen molar-refractivity contribution in [2.75, 3.05) is 26.7 Å². The molecule has 4 rings (SSSR count). The second-order valence-corrected chi connectivity index (χ2v) is 10.4. The first-order chi connectivity index (χ1) is 15.1. The smallest absolute Gasteiger partial charge is 0.419 e. The number of hydrogen-bond acceptors (Lipinski definition) is 4. The number of ether oxygens (including phenoxy) is 1. The molecule has 2 aromatic rings. The fourth-order valence-electron chi connectivity index (χ4n) is 5.00. The monoisotopic (exact) mass is 501 g/mol. The number of aromatic nitrogens is 1. The standard InChI is InChI=1S/C25H32BrN3O3/c1-7-28(8-2)23(30)15-12-17-16-10-9-11-19-21(16)18(13-20(17)27(6)14-15)22(26)29(19)24(31)32-25(3,4)5/h9-12,15,20H,7-8,13-14H2,1-6H3. The van der Waals surface area contributed by atoms with Crippen LogP contribution in [0.3, 0.4) is 0 Å². The summed E-state index contributed by atoms with van der Waals surface area (Å²) in [5.74, 6) is 0.0117. The Morgan fingerprint density at radius 3 is 2.53 bits per heavy atom. The van der Waals surface area contributed by atoms with Crippen LogP contribution in [0.2, 0.25) is 0 Å². The van der Waals surface area contributed by atoms with E-state index in [9.17, 15) is 9.59 Å². The summed E-state index contributed by atoms with van der Waals surface area (Å²) in [5.41, 5.74) is 3.64. The van der Waals surface area contributed by atoms with Crippen molar-refractivity contribution in [3.8, 4) is 0 Å². The van der Waals surface area contributed by atoms with E-state index < -0.39 is 5.60 Å². The van der Waals surface area contributed by atoms with Gasteiger partial charge in [-0.05, 0) is 86.8 Å². The normalized spacial score (nSPS) is 20.7. The van der Waals surface area contributed by atoms with Gasteiger partial charge in [0.2, 0.25) is 5.91 Å². The maximum Gasteiger partial charge on any atom is 0.419 e. The molecule has 0 bridgehead atoms. The van der Waals surface area contributed by atoms with Gasteiger partial charge in [0.25, 0.3) is 0 Å². The lowest BCUT2D eigenvalue weighted by atomic mass is 9.79. The van der Waals surface area contributed by atoms with E-state index in [1.807, 2.05) is 51.7 Å². The van der Waals surface area contributed by atoms with Crippen LogP contribution in [0.4, 0.5) is 4.79 Å². The van der Waals surface area contributed by atoms with Gasteiger partial charge in [-0.15, -0.1) is 0 Å². The number of benzene rings is 1. The number of likely N-dealkylation sites (N-methyl/N-ethyl adjacent to an activating group) is 1. The van der Waals surface area contributed by atoms with E-state index >= 15 is 0 Å². The Kier molecular flexibility index (Phi) is 6.01. The summed E-state index contributed by atoms with van der Waals surface area (Å²) in [6.07, 6.45) is 2.56. The third-order valence-electron chi connectivity index (χ3n) is 6.46. The number of carbonyl (C=O) groups excluding carboxylic acids is 2. The van der Waals surface area contributed by atoms with Crippen molar-refractivity contribution in [3.63, 3.8) is 0 Å². The molecule has 2 unspecified atom stereocenters. The molecule has 6 nitrogen and oxygen atoms in total. The molecule has 0 radical (unpaired) electrons. The van der Waals surface area contributed by atoms with Gasteiger partial charge in [0.05, 0.1) is 16.0 Å². The number of fused-ring (bicyclic) bond motifs is 2. The van der Waals surface area contributed by atoms with E-state index in [2.05, 4.69) is 40.0 Å². The fourth-order valence-corrected chi connectivity index (χ4v) is 5.70. The molecule has 0 saturated heterocycles. The van der Waals surface area contributed by atoms with Gasteiger partial charge < -0.3 is 9.64 Å². The van der Waals surface area contributed by atoms with E-state index in [1.165, 1.54) is 5.57 Å². The van der Waals surface area contributed by atoms with Crippen LogP contribution in [0, 0.1) is 5.92 Å². The molecular formula is C25H32BrN3O3. The highest BCUT2D eigenvalue weighted by molar-refractivity contribution is 9.10. The number of nitrogens with zero attached hydrogens (tertiary/aromatic N) is 3. The Balaban J connectivity index is 1.85. The Morgan fingerprint density at radius 2 is 1.91 bits per heavy atom. The van der Waals surface area contributed by atoms with Gasteiger partial charge in [0.1, 0.15) is 5.60 Å². The summed E-state index contributed by atoms with van der Waals surface area (Å²) < 4.78 is 8.08. The largest absolute Gasteiger partial charge is 0.443 e. The first-order valence-corrected chi connectivity index (χ1v) is 12.1. The lowest BCUT2D eigenvalue weighted by Gasteiger charge is -2.40. The van der Waals surface area contributed by atoms with Gasteiger partial charge in [-0.1, -0.05) is 18.2 Å². The van der Waals surface area contributed by atoms with Crippen LogP contribution in [0.25, 0.3) is 16.5 Å². The zero-order valence-electron chi connectivity index (χ0n) is 19.7. The molecule has 1 aromatic heterocycles. The van der Waals surface area contributed by atoms with E-state index in [0.29, 0.717) is 19.6 Å². The van der Waals surface area contributed by atoms with E-state index in [0.717, 1.165) is 33.1 Å². The van der Waals surface area contributed by atoms with Gasteiger partial charge in [-0.3, -0.25) is 9.69 Å². The van der Waals surface area contributed by atoms with Gasteiger partial charge in [-0.2, -0.15) is 0 Å². The fraction of sp³-hybridized carbons (Fsp3) is 0.520. The van der Waals surface area contributed by atoms with Crippen LogP contribution in [0.1, 0.15) is 45.7 Å². The summed E-state index contributed by atoms with van der Waals surface area (Å²) in [4.78, 5) is 30.4. The van der Waals surface area contributed by atoms with Crippen molar-refractivity contribution >= 4 is 44.4 Å². The van der Waals surface area contributed by atoms with Crippen molar-refractivity contribution in [1.82, 2.24) is 14.4 Å². The Morgan fingerprint density at radius 1 is 1.22 bits per heavy atom. The maximum absolute atomic E-state index is 13.1. The molecule has 0 fully saturated rings. The zero-order valence-corrected chi connectivity index (χ0v) is 21.3. The van der Waals surface area contributed by atoms with Crippen LogP contribution in [0.15, 0.2) is 28.9 Å². The summed E-state index contributed by atoms with van der Waals surface area (Å²) in [7, 11) is 2.09. The van der Waals surface area contributed by atoms with Crippen LogP contribution in [-0.4, -0.2) is 64.7 Å². The first kappa shape index (κ1) is 23.1. The quantitative estimate of drug-likeness (QED) is 0.598. The molecule has 0 saturated carbocycles. The lowest BCUT2D eigenvalue weighted by molar-refractivity contribution is -0.134. The van der Waals surface area contributed by atoms with Crippen molar-refractivity contribution < 1.29 is 14.3 Å². The van der Waals surface area contributed by atoms with Gasteiger partial charge >= 0.3 is 6.09 Å². The van der Waals surface area contributed by atoms with Crippen molar-refractivity contribution in [2.24, 2.45) is 5.92 Å². The van der Waals surface area contributed by atoms with Crippen LogP contribution >= 0.6 is 15.9 Å². The van der Waals surface area contributed by atoms with Crippen LogP contribution in [0.5, 0.6) is 0 Å². The minimum atomic E-state index is -0.584. The van der Waals surface area contributed by atoms with Crippen LogP contribution in [-0.2, 0) is 16.0 Å². The topological polar surface area (TPSA) is 54.8 Å². The molecule has 7 heteroatoms. The van der Waals surface area contributed by atoms with E-state index in [1.54, 1.807) is 4.57 Å². The predicted octanol–water partition coefficient (Wildman–Crippen LogP) is 4.93. The molecule has 1 aliphatic heterocycles. The first-order valence-electron chi connectivity index (χ1n) is 11.3. The third-order valence-corrected chi connectivity index (χ3v) is 7.30. The van der Waals surface area contributed by atoms with Crippen molar-refractivity contribution in [3.05, 3.63) is 40.0 Å². The van der Waals surface area contributed by atoms with Gasteiger partial charge in [0.15, 0.2) is 0 Å². The summed E-state index contributed by atoms with van der Waals surface area (Å²) in [6, 6.07) is 6.21. The second-order valence-electron chi connectivity index (χ2n) is 9.68. The molecule has 1 aromatic carbocycles. The maximum atomic E-state index is 13.1. The van der Waals surface area contributed by atoms with E-state index in [4.69, 9.17) is 4.74 Å². The Labute approximate surface area is 198 Å². The summed E-state index contributed by atoms with van der Waals surface area (Å²) in [5, 5.41) is 1.07. The molecule has 2 aliphatic rings. The third kappa shape index (κ3) is 3.79. The lowest BCUT2D eigenvalue weighted by Crippen LogP contribution is -2.47. The van der Waals surface area contributed by atoms with Crippen LogP contribution < -0.4 is 0 Å². The number of carbonyl (C=O) groups is 2. The molecule has 2 heterocycles. The number of hydrogen-bond donors (Lipinski definition) is 0. The Hall–Kier alpha value is -2.12. The minimum absolute atomic E-state index is 0.166. The SMILES string of the molecule is CCN(CC)C(=O)C1C=C2c3cccc4c3c(c(Br)n4C(=O)OC(C)(C)C)CC2N(C)C1. The molecule has 0 N–H and O–H groups in total. The second kappa shape index (κ2) is 8.34. The van der Waals surface area contributed by atoms with Crippen molar-refractivity contribution in [2.45, 2.75) is 52.7 Å². The highest BCUT2D eigenvalue weighted by Gasteiger charge is 2.38. The van der Waals surface area contributed by atoms with Gasteiger partial charge in [-0.25, -0.2) is 9.36 Å². The minimum Gasteiger partial charge on any atom is -0.443 e. The predicted molar refractivity (Wildman–Crippen MR) is 131 cm³/mol. The summed E-state index contributed by atoms with van der Waals surface area (Å²) in [6.45, 7) is 11.8. The molecule has 2 atom stereocenters. The number of rotatable bonds is 3. The molecule has 1 amide bonds. The molecule has 1 aliphatic carbocycles. The highest BCUT2D eigenvalue weighted by Crippen LogP contribution is 2.45. The molecule has 172 valence electrons. The highest BCUT2D eigenvalue weighted by atomic mass is 79.9. The number of halogens is 1.